The van der Waals surface area contributed by atoms with Crippen LogP contribution in [-0.4, -0.2) is 24.3 Å². The summed E-state index contributed by atoms with van der Waals surface area (Å²) in [6.07, 6.45) is 3.54. The van der Waals surface area contributed by atoms with Crippen molar-refractivity contribution in [3.05, 3.63) is 42.0 Å². The zero-order chi connectivity index (χ0) is 17.5. The molecule has 0 amide bonds. The van der Waals surface area contributed by atoms with Gasteiger partial charge in [0.05, 0.1) is 6.42 Å². The summed E-state index contributed by atoms with van der Waals surface area (Å²) < 4.78 is 10.1. The summed E-state index contributed by atoms with van der Waals surface area (Å²) in [6.45, 7) is 5.21. The van der Waals surface area contributed by atoms with E-state index in [9.17, 15) is 14.4 Å². The van der Waals surface area contributed by atoms with E-state index in [4.69, 9.17) is 9.47 Å². The van der Waals surface area contributed by atoms with Crippen molar-refractivity contribution in [3.63, 3.8) is 0 Å². The summed E-state index contributed by atoms with van der Waals surface area (Å²) in [5, 5.41) is 0. The third-order valence-corrected chi connectivity index (χ3v) is 4.06. The predicted molar refractivity (Wildman–Crippen MR) is 88.5 cm³/mol. The average molecular weight is 330 g/mol. The Balaban J connectivity index is 1.74. The minimum absolute atomic E-state index is 0.00225. The second-order valence-electron chi connectivity index (χ2n) is 6.09. The molecule has 2 rings (SSSR count). The highest BCUT2D eigenvalue weighted by Gasteiger charge is 2.24. The van der Waals surface area contributed by atoms with Crippen molar-refractivity contribution in [2.24, 2.45) is 5.92 Å². The number of hydrogen-bond donors (Lipinski definition) is 0. The smallest absolute Gasteiger partial charge is 0.334 e. The summed E-state index contributed by atoms with van der Waals surface area (Å²) >= 11 is 0. The highest BCUT2D eigenvalue weighted by molar-refractivity contribution is 5.95. The number of hydrogen-bond acceptors (Lipinski definition) is 5. The first-order valence-corrected chi connectivity index (χ1v) is 8.10. The van der Waals surface area contributed by atoms with Crippen LogP contribution in [0.5, 0.6) is 5.75 Å². The van der Waals surface area contributed by atoms with Crippen molar-refractivity contribution in [3.8, 4) is 5.75 Å². The lowest BCUT2D eigenvalue weighted by molar-refractivity contribution is -0.146. The van der Waals surface area contributed by atoms with E-state index in [1.807, 2.05) is 19.1 Å². The molecule has 0 radical (unpaired) electrons. The Labute approximate surface area is 141 Å². The van der Waals surface area contributed by atoms with E-state index in [0.717, 1.165) is 31.2 Å². The maximum absolute atomic E-state index is 11.9. The maximum atomic E-state index is 11.9. The minimum atomic E-state index is -0.734. The number of esters is 2. The highest BCUT2D eigenvalue weighted by atomic mass is 16.5. The van der Waals surface area contributed by atoms with E-state index in [2.05, 4.69) is 6.58 Å². The van der Waals surface area contributed by atoms with Crippen LogP contribution in [0.3, 0.4) is 0 Å². The standard InChI is InChI=1S/C19H22O5/c1-13-7-9-16(10-8-13)24-18(21)11-14(2)19(22)23-12-17(20)15-5-3-4-6-15/h7-10,15H,2-6,11-12H2,1H3. The van der Waals surface area contributed by atoms with E-state index in [1.54, 1.807) is 12.1 Å². The van der Waals surface area contributed by atoms with Crippen LogP contribution < -0.4 is 4.74 Å². The van der Waals surface area contributed by atoms with Gasteiger partial charge in [-0.25, -0.2) is 4.79 Å². The fraction of sp³-hybridized carbons (Fsp3) is 0.421. The molecule has 0 aliphatic heterocycles. The Hall–Kier alpha value is -2.43. The minimum Gasteiger partial charge on any atom is -0.454 e. The Morgan fingerprint density at radius 3 is 2.38 bits per heavy atom. The van der Waals surface area contributed by atoms with Gasteiger partial charge in [-0.05, 0) is 31.9 Å². The van der Waals surface area contributed by atoms with Crippen LogP contribution in [-0.2, 0) is 19.1 Å². The van der Waals surface area contributed by atoms with Gasteiger partial charge in [0.25, 0.3) is 0 Å². The molecule has 0 heterocycles. The normalized spacial score (nSPS) is 14.2. The summed E-state index contributed by atoms with van der Waals surface area (Å²) in [5.74, 6) is -0.984. The van der Waals surface area contributed by atoms with Gasteiger partial charge in [-0.3, -0.25) is 9.59 Å². The molecule has 0 atom stereocenters. The summed E-state index contributed by atoms with van der Waals surface area (Å²) in [7, 11) is 0. The van der Waals surface area contributed by atoms with Crippen LogP contribution in [0.4, 0.5) is 0 Å². The van der Waals surface area contributed by atoms with Gasteiger partial charge in [-0.2, -0.15) is 0 Å². The van der Waals surface area contributed by atoms with Crippen molar-refractivity contribution in [2.45, 2.75) is 39.0 Å². The van der Waals surface area contributed by atoms with Gasteiger partial charge < -0.3 is 9.47 Å². The maximum Gasteiger partial charge on any atom is 0.334 e. The molecule has 1 aliphatic carbocycles. The fourth-order valence-electron chi connectivity index (χ4n) is 2.62. The van der Waals surface area contributed by atoms with Gasteiger partial charge in [-0.1, -0.05) is 37.1 Å². The zero-order valence-electron chi connectivity index (χ0n) is 13.9. The second-order valence-corrected chi connectivity index (χ2v) is 6.09. The number of ketones is 1. The molecule has 5 nitrogen and oxygen atoms in total. The van der Waals surface area contributed by atoms with Gasteiger partial charge in [0.2, 0.25) is 0 Å². The van der Waals surface area contributed by atoms with E-state index in [0.29, 0.717) is 5.75 Å². The van der Waals surface area contributed by atoms with Gasteiger partial charge in [-0.15, -0.1) is 0 Å². The number of benzene rings is 1. The molecular formula is C19H22O5. The van der Waals surface area contributed by atoms with Crippen molar-refractivity contribution in [2.75, 3.05) is 6.61 Å². The van der Waals surface area contributed by atoms with Crippen molar-refractivity contribution in [1.29, 1.82) is 0 Å². The third kappa shape index (κ3) is 5.33. The predicted octanol–water partition coefficient (Wildman–Crippen LogP) is 3.15. The van der Waals surface area contributed by atoms with E-state index < -0.39 is 11.9 Å². The second kappa shape index (κ2) is 8.43. The topological polar surface area (TPSA) is 69.7 Å². The van der Waals surface area contributed by atoms with E-state index in [1.165, 1.54) is 0 Å². The van der Waals surface area contributed by atoms with Crippen LogP contribution in [0.1, 0.15) is 37.7 Å². The van der Waals surface area contributed by atoms with Crippen LogP contribution >= 0.6 is 0 Å². The van der Waals surface area contributed by atoms with Crippen molar-refractivity contribution >= 4 is 17.7 Å². The van der Waals surface area contributed by atoms with Crippen molar-refractivity contribution in [1.82, 2.24) is 0 Å². The number of aryl methyl sites for hydroxylation is 1. The lowest BCUT2D eigenvalue weighted by atomic mass is 10.0. The summed E-state index contributed by atoms with van der Waals surface area (Å²) in [4.78, 5) is 35.5. The molecule has 0 aromatic heterocycles. The molecule has 0 N–H and O–H groups in total. The fourth-order valence-corrected chi connectivity index (χ4v) is 2.62. The lowest BCUT2D eigenvalue weighted by Crippen LogP contribution is -2.21. The molecule has 1 saturated carbocycles. The molecule has 24 heavy (non-hydrogen) atoms. The first-order chi connectivity index (χ1) is 11.5. The van der Waals surface area contributed by atoms with Crippen molar-refractivity contribution < 1.29 is 23.9 Å². The lowest BCUT2D eigenvalue weighted by Gasteiger charge is -2.10. The number of rotatable bonds is 7. The molecular weight excluding hydrogens is 308 g/mol. The molecule has 1 aromatic rings. The number of ether oxygens (including phenoxy) is 2. The van der Waals surface area contributed by atoms with Crippen LogP contribution in [0, 0.1) is 12.8 Å². The van der Waals surface area contributed by atoms with Gasteiger partial charge in [0.1, 0.15) is 5.75 Å². The Morgan fingerprint density at radius 2 is 1.75 bits per heavy atom. The summed E-state index contributed by atoms with van der Waals surface area (Å²) in [6, 6.07) is 6.99. The monoisotopic (exact) mass is 330 g/mol. The van der Waals surface area contributed by atoms with Crippen LogP contribution in [0.2, 0.25) is 0 Å². The molecule has 0 spiro atoms. The Bertz CT molecular complexity index is 624. The quantitative estimate of drug-likeness (QED) is 0.436. The average Bonchev–Trinajstić information content (AvgIpc) is 3.08. The van der Waals surface area contributed by atoms with Crippen LogP contribution in [0.15, 0.2) is 36.4 Å². The van der Waals surface area contributed by atoms with E-state index >= 15 is 0 Å². The number of carbonyl (C=O) groups excluding carboxylic acids is 3. The first-order valence-electron chi connectivity index (χ1n) is 8.10. The molecule has 1 aliphatic rings. The first kappa shape index (κ1) is 17.9. The molecule has 128 valence electrons. The molecule has 0 unspecified atom stereocenters. The summed E-state index contributed by atoms with van der Waals surface area (Å²) in [5.41, 5.74) is 1.03. The molecule has 0 saturated heterocycles. The Kier molecular flexibility index (Phi) is 6.29. The van der Waals surface area contributed by atoms with Crippen LogP contribution in [0.25, 0.3) is 0 Å². The van der Waals surface area contributed by atoms with E-state index in [-0.39, 0.29) is 30.3 Å². The SMILES string of the molecule is C=C(CC(=O)Oc1ccc(C)cc1)C(=O)OCC(=O)C1CCCC1. The van der Waals surface area contributed by atoms with Gasteiger partial charge >= 0.3 is 11.9 Å². The third-order valence-electron chi connectivity index (χ3n) is 4.06. The molecule has 5 heteroatoms. The number of carbonyl (C=O) groups is 3. The van der Waals surface area contributed by atoms with Gasteiger partial charge in [0, 0.05) is 11.5 Å². The number of Topliss-reactive ketones (excluding diaryl/α,β-unsaturated/α-hetero) is 1. The largest absolute Gasteiger partial charge is 0.454 e. The van der Waals surface area contributed by atoms with Gasteiger partial charge in [0.15, 0.2) is 12.4 Å². The Morgan fingerprint density at radius 1 is 1.12 bits per heavy atom. The molecule has 1 fully saturated rings. The molecule has 0 bridgehead atoms. The highest BCUT2D eigenvalue weighted by Crippen LogP contribution is 2.25. The zero-order valence-corrected chi connectivity index (χ0v) is 13.9. The molecule has 1 aromatic carbocycles.